The van der Waals surface area contributed by atoms with Crippen molar-refractivity contribution in [3.05, 3.63) is 165 Å². The Morgan fingerprint density at radius 3 is 2.13 bits per heavy atom. The molecule has 70 heavy (non-hydrogen) atoms. The van der Waals surface area contributed by atoms with Crippen LogP contribution in [0.3, 0.4) is 0 Å². The largest absolute Gasteiger partial charge is 0.495 e. The molecule has 2 amide bonds. The van der Waals surface area contributed by atoms with E-state index in [1.165, 1.54) is 55.6 Å². The molecule has 6 rings (SSSR count). The number of rotatable bonds is 18. The van der Waals surface area contributed by atoms with E-state index < -0.39 is 83.2 Å². The molecule has 14 nitrogen and oxygen atoms in total. The van der Waals surface area contributed by atoms with Crippen LogP contribution in [0.25, 0.3) is 0 Å². The van der Waals surface area contributed by atoms with Crippen LogP contribution in [0.1, 0.15) is 78.6 Å². The van der Waals surface area contributed by atoms with Gasteiger partial charge in [0.05, 0.1) is 35.5 Å². The average Bonchev–Trinajstić information content (AvgIpc) is 3.65. The van der Waals surface area contributed by atoms with Gasteiger partial charge in [0, 0.05) is 29.0 Å². The number of nitrogens with zero attached hydrogens (tertiary/aromatic N) is 1. The van der Waals surface area contributed by atoms with E-state index in [0.717, 1.165) is 11.6 Å². The summed E-state index contributed by atoms with van der Waals surface area (Å²) in [4.78, 5) is 66.3. The number of ether oxygens (including phenoxy) is 5. The molecule has 5 atom stereocenters. The molecule has 366 valence electrons. The van der Waals surface area contributed by atoms with Gasteiger partial charge in [-0.2, -0.15) is 5.26 Å². The lowest BCUT2D eigenvalue weighted by atomic mass is 9.62. The van der Waals surface area contributed by atoms with Crippen molar-refractivity contribution >= 4 is 58.8 Å². The summed E-state index contributed by atoms with van der Waals surface area (Å²) in [6.07, 6.45) is -1.38. The second-order valence-corrected chi connectivity index (χ2v) is 18.4. The lowest BCUT2D eigenvalue weighted by molar-refractivity contribution is -0.149. The predicted octanol–water partition coefficient (Wildman–Crippen LogP) is 9.72. The van der Waals surface area contributed by atoms with E-state index in [1.807, 2.05) is 26.8 Å². The molecule has 5 aromatic carbocycles. The van der Waals surface area contributed by atoms with Crippen LogP contribution in [0, 0.1) is 28.4 Å². The normalized spacial score (nSPS) is 17.8. The summed E-state index contributed by atoms with van der Waals surface area (Å²) >= 11 is 12.4. The first-order chi connectivity index (χ1) is 33.4. The summed E-state index contributed by atoms with van der Waals surface area (Å²) in [5.74, 6) is -6.30. The Hall–Kier alpha value is -7.06. The first-order valence-electron chi connectivity index (χ1n) is 22.0. The lowest BCUT2D eigenvalue weighted by Crippen LogP contribution is -2.45. The number of hydrogen-bond donors (Lipinski definition) is 3. The number of methoxy groups -OCH3 is 1. The summed E-state index contributed by atoms with van der Waals surface area (Å²) in [5.41, 5.74) is -1.16. The molecule has 0 spiro atoms. The first kappa shape index (κ1) is 52.3. The monoisotopic (exact) mass is 998 g/mol. The third-order valence-electron chi connectivity index (χ3n) is 11.5. The topological polar surface area (TPSA) is 191 Å². The maximum absolute atomic E-state index is 16.2. The Balaban J connectivity index is 1.14. The van der Waals surface area contributed by atoms with Crippen molar-refractivity contribution in [2.24, 2.45) is 5.41 Å². The molecule has 0 bridgehead atoms. The number of nitriles is 1. The van der Waals surface area contributed by atoms with Crippen molar-refractivity contribution in [2.75, 3.05) is 19.2 Å². The Kier molecular flexibility index (Phi) is 17.6. The third-order valence-corrected chi connectivity index (χ3v) is 12.0. The highest BCUT2D eigenvalue weighted by molar-refractivity contribution is 6.31. The second-order valence-electron chi connectivity index (χ2n) is 17.5. The molecular formula is C52H50Cl2F2N4O10. The molecule has 1 saturated heterocycles. The Bertz CT molecular complexity index is 2740. The van der Waals surface area contributed by atoms with Crippen LogP contribution in [0.15, 0.2) is 115 Å². The van der Waals surface area contributed by atoms with Gasteiger partial charge in [-0.25, -0.2) is 23.2 Å². The van der Waals surface area contributed by atoms with Crippen LogP contribution in [0.2, 0.25) is 10.0 Å². The molecule has 1 aliphatic heterocycles. The number of carbonyl (C=O) groups excluding carboxylic acids is 5. The fourth-order valence-electron chi connectivity index (χ4n) is 8.24. The van der Waals surface area contributed by atoms with Crippen LogP contribution < -0.4 is 20.7 Å². The van der Waals surface area contributed by atoms with Crippen molar-refractivity contribution in [1.29, 1.82) is 5.26 Å². The highest BCUT2D eigenvalue weighted by Gasteiger charge is 2.61. The molecule has 1 heterocycles. The maximum Gasteiger partial charge on any atom is 0.410 e. The summed E-state index contributed by atoms with van der Waals surface area (Å²) < 4.78 is 58.7. The van der Waals surface area contributed by atoms with E-state index in [9.17, 15) is 29.2 Å². The molecule has 5 aromatic rings. The van der Waals surface area contributed by atoms with Crippen molar-refractivity contribution in [2.45, 2.75) is 82.7 Å². The van der Waals surface area contributed by atoms with Gasteiger partial charge >= 0.3 is 24.0 Å². The number of carbonyl (C=O) groups is 5. The molecule has 1 fully saturated rings. The summed E-state index contributed by atoms with van der Waals surface area (Å²) in [6, 6.07) is 28.3. The fraction of sp³-hybridized carbons (Fsp3) is 0.308. The van der Waals surface area contributed by atoms with Crippen molar-refractivity contribution < 1.29 is 56.4 Å². The Morgan fingerprint density at radius 1 is 0.829 bits per heavy atom. The molecular weight excluding hydrogens is 949 g/mol. The minimum atomic E-state index is -1.88. The first-order valence-corrected chi connectivity index (χ1v) is 22.8. The molecule has 3 N–H and O–H groups in total. The summed E-state index contributed by atoms with van der Waals surface area (Å²) in [6.45, 7) is 4.73. The number of hydrogen-bond acceptors (Lipinski definition) is 12. The number of amides is 2. The molecule has 1 unspecified atom stereocenters. The van der Waals surface area contributed by atoms with Crippen LogP contribution in [0.5, 0.6) is 5.75 Å². The van der Waals surface area contributed by atoms with Crippen molar-refractivity contribution in [1.82, 2.24) is 10.6 Å². The number of alkyl carbamates (subject to hydrolysis) is 1. The molecule has 0 saturated carbocycles. The van der Waals surface area contributed by atoms with E-state index in [1.54, 1.807) is 54.6 Å². The van der Waals surface area contributed by atoms with Gasteiger partial charge in [-0.15, -0.1) is 0 Å². The number of anilines is 1. The van der Waals surface area contributed by atoms with E-state index in [-0.39, 0.29) is 70.6 Å². The van der Waals surface area contributed by atoms with Gasteiger partial charge in [0.2, 0.25) is 12.7 Å². The molecule has 18 heteroatoms. The second kappa shape index (κ2) is 23.5. The number of nitrogens with one attached hydrogen (secondary N) is 3. The van der Waals surface area contributed by atoms with Crippen LogP contribution >= 0.6 is 23.2 Å². The van der Waals surface area contributed by atoms with Gasteiger partial charge in [-0.1, -0.05) is 123 Å². The highest BCUT2D eigenvalue weighted by atomic mass is 35.5. The third kappa shape index (κ3) is 13.0. The zero-order valence-electron chi connectivity index (χ0n) is 38.6. The summed E-state index contributed by atoms with van der Waals surface area (Å²) in [7, 11) is 1.28. The zero-order valence-corrected chi connectivity index (χ0v) is 40.1. The number of halogens is 4. The minimum Gasteiger partial charge on any atom is -0.495 e. The van der Waals surface area contributed by atoms with Gasteiger partial charge in [-0.3, -0.25) is 9.59 Å². The highest BCUT2D eigenvalue weighted by Crippen LogP contribution is 2.53. The van der Waals surface area contributed by atoms with Gasteiger partial charge in [0.15, 0.2) is 0 Å². The van der Waals surface area contributed by atoms with Gasteiger partial charge in [0.25, 0.3) is 0 Å². The SMILES string of the molecule is COc1cc(C(=O)OCOC(=O)NC(CCC(=O)OCc2ccccc2)C(=O)OCc2ccccc2)ccc1NC(=O)[C@@H]1N[C@@H](CC(C)(C)C)[C@](C#N)(c2ccc(Cl)cc2F)[C@H]1c1cccc(Cl)c1F. The fourth-order valence-corrected chi connectivity index (χ4v) is 8.58. The average molecular weight is 1000 g/mol. The van der Waals surface area contributed by atoms with Crippen LogP contribution in [0.4, 0.5) is 19.3 Å². The quantitative estimate of drug-likeness (QED) is 0.0429. The van der Waals surface area contributed by atoms with Crippen LogP contribution in [-0.2, 0) is 52.0 Å². The molecule has 0 aliphatic carbocycles. The number of esters is 3. The van der Waals surface area contributed by atoms with Crippen LogP contribution in [-0.4, -0.2) is 61.9 Å². The molecule has 1 aliphatic rings. The van der Waals surface area contributed by atoms with E-state index in [4.69, 9.17) is 46.9 Å². The molecule has 0 aromatic heterocycles. The van der Waals surface area contributed by atoms with E-state index >= 15 is 8.78 Å². The van der Waals surface area contributed by atoms with E-state index in [0.29, 0.717) is 5.56 Å². The van der Waals surface area contributed by atoms with Gasteiger partial charge in [0.1, 0.15) is 42.1 Å². The number of benzene rings is 5. The maximum atomic E-state index is 16.2. The Labute approximate surface area is 413 Å². The van der Waals surface area contributed by atoms with E-state index in [2.05, 4.69) is 22.0 Å². The van der Waals surface area contributed by atoms with Gasteiger partial charge < -0.3 is 39.6 Å². The zero-order chi connectivity index (χ0) is 50.6. The van der Waals surface area contributed by atoms with Crippen molar-refractivity contribution in [3.63, 3.8) is 0 Å². The smallest absolute Gasteiger partial charge is 0.410 e. The van der Waals surface area contributed by atoms with Gasteiger partial charge in [-0.05, 0) is 71.3 Å². The molecule has 0 radical (unpaired) electrons. The standard InChI is InChI=1S/C52H50Cl2F2N4O10/c1-51(2,3)26-42-52(29-57,36-20-19-34(53)25-38(36)55)44(35-16-11-17-37(54)45(35)56)46(60-42)47(62)58-39-21-18-33(24-41(39)66-4)48(63)69-30-70-50(65)59-40(49(64)68-28-32-14-9-6-10-15-32)22-23-43(61)67-27-31-12-7-5-8-13-31/h5-21,24-25,40,42,44,46,60H,22-23,26-28,30H2,1-4H3,(H,58,62)(H,59,65)/t40?,42-,44-,46+,52-/m0/s1. The van der Waals surface area contributed by atoms with Crippen molar-refractivity contribution in [3.8, 4) is 11.8 Å². The Morgan fingerprint density at radius 2 is 1.50 bits per heavy atom. The summed E-state index contributed by atoms with van der Waals surface area (Å²) in [5, 5.41) is 19.3. The lowest BCUT2D eigenvalue weighted by Gasteiger charge is -2.37. The predicted molar refractivity (Wildman–Crippen MR) is 255 cm³/mol. The minimum absolute atomic E-state index is 0.00953.